The quantitative estimate of drug-likeness (QED) is 0.0321. The summed E-state index contributed by atoms with van der Waals surface area (Å²) < 4.78 is 5.88. The van der Waals surface area contributed by atoms with Gasteiger partial charge in [0.15, 0.2) is 0 Å². The number of amides is 1. The topological polar surface area (TPSA) is 95.9 Å². The summed E-state index contributed by atoms with van der Waals surface area (Å²) in [4.78, 5) is 26.2. The minimum atomic E-state index is -0.816. The van der Waals surface area contributed by atoms with Crippen LogP contribution in [0.1, 0.15) is 265 Å². The summed E-state index contributed by atoms with van der Waals surface area (Å²) in [6.45, 7) is 6.35. The smallest absolute Gasteiger partial charge is 0.306 e. The number of aliphatic hydroxyl groups excluding tert-OH is 2. The Kier molecular flexibility index (Phi) is 50.1. The highest BCUT2D eigenvalue weighted by atomic mass is 16.5. The zero-order valence-corrected chi connectivity index (χ0v) is 42.9. The highest BCUT2D eigenvalue weighted by Gasteiger charge is 2.23. The molecule has 0 radical (unpaired) electrons. The van der Waals surface area contributed by atoms with Gasteiger partial charge >= 0.3 is 5.97 Å². The van der Waals surface area contributed by atoms with Gasteiger partial charge in [0.1, 0.15) is 6.10 Å². The maximum Gasteiger partial charge on any atom is 0.306 e. The van der Waals surface area contributed by atoms with Gasteiger partial charge in [-0.2, -0.15) is 0 Å². The maximum absolute atomic E-state index is 13.2. The Morgan fingerprint density at radius 1 is 0.477 bits per heavy atom. The van der Waals surface area contributed by atoms with Gasteiger partial charge in [-0.15, -0.1) is 0 Å². The van der Waals surface area contributed by atoms with Crippen LogP contribution in [-0.2, 0) is 14.3 Å². The highest BCUT2D eigenvalue weighted by Crippen LogP contribution is 2.17. The molecule has 1 amide bonds. The van der Waals surface area contributed by atoms with E-state index in [4.69, 9.17) is 4.74 Å². The van der Waals surface area contributed by atoms with Crippen LogP contribution in [-0.4, -0.2) is 46.9 Å². The molecule has 3 N–H and O–H groups in total. The Bertz CT molecular complexity index is 1200. The molecule has 0 aliphatic rings. The first-order chi connectivity index (χ1) is 32.0. The van der Waals surface area contributed by atoms with Gasteiger partial charge in [-0.05, 0) is 70.6 Å². The van der Waals surface area contributed by atoms with E-state index in [1.165, 1.54) is 141 Å². The van der Waals surface area contributed by atoms with Crippen molar-refractivity contribution in [2.24, 2.45) is 0 Å². The molecule has 3 atom stereocenters. The molecule has 3 unspecified atom stereocenters. The van der Waals surface area contributed by atoms with E-state index in [2.05, 4.69) is 86.8 Å². The van der Waals surface area contributed by atoms with Crippen LogP contribution >= 0.6 is 0 Å². The molecule has 0 aliphatic heterocycles. The second-order valence-corrected chi connectivity index (χ2v) is 18.6. The van der Waals surface area contributed by atoms with E-state index in [0.29, 0.717) is 19.3 Å². The standard InChI is InChI=1S/C59H105NO5/c1-4-7-10-13-16-19-22-25-28-31-34-37-40-43-46-49-52-59(64)65-55(50-47-44-41-38-35-32-29-26-23-20-17-14-11-8-5-2)53-58(63)60-56(54-61)57(62)51-48-45-42-39-36-33-30-27-24-21-18-15-12-9-6-3/h8,11,17,20,26,28-29,31,35,38,44,47,55-57,61-62H,4-7,9-10,12-16,18-19,21-25,27,30,32-34,36-37,39-43,45-46,48-54H2,1-3H3,(H,60,63)/b11-8-,20-17-,29-26-,31-28+,38-35-,47-44-. The number of esters is 1. The summed E-state index contributed by atoms with van der Waals surface area (Å²) in [5, 5.41) is 23.8. The third kappa shape index (κ3) is 47.6. The van der Waals surface area contributed by atoms with E-state index in [0.717, 1.165) is 77.0 Å². The Morgan fingerprint density at radius 3 is 1.29 bits per heavy atom. The van der Waals surface area contributed by atoms with Gasteiger partial charge in [0.2, 0.25) is 5.91 Å². The Labute approximate surface area is 402 Å². The molecule has 0 bridgehead atoms. The molecular formula is C59H105NO5. The Balaban J connectivity index is 4.69. The van der Waals surface area contributed by atoms with Gasteiger partial charge in [0.25, 0.3) is 0 Å². The van der Waals surface area contributed by atoms with Gasteiger partial charge in [-0.1, -0.05) is 248 Å². The minimum absolute atomic E-state index is 0.00525. The fraction of sp³-hybridized carbons (Fsp3) is 0.763. The predicted molar refractivity (Wildman–Crippen MR) is 282 cm³/mol. The first-order valence-electron chi connectivity index (χ1n) is 27.7. The number of rotatable bonds is 49. The van der Waals surface area contributed by atoms with Gasteiger partial charge in [0.05, 0.1) is 25.2 Å². The summed E-state index contributed by atoms with van der Waals surface area (Å²) in [5.74, 6) is -0.587. The molecule has 0 aliphatic carbocycles. The first kappa shape index (κ1) is 62.3. The van der Waals surface area contributed by atoms with Gasteiger partial charge < -0.3 is 20.3 Å². The number of allylic oxidation sites excluding steroid dienone is 11. The zero-order chi connectivity index (χ0) is 47.4. The monoisotopic (exact) mass is 908 g/mol. The largest absolute Gasteiger partial charge is 0.461 e. The van der Waals surface area contributed by atoms with Crippen molar-refractivity contribution in [3.8, 4) is 0 Å². The third-order valence-electron chi connectivity index (χ3n) is 12.3. The van der Waals surface area contributed by atoms with E-state index in [9.17, 15) is 19.8 Å². The lowest BCUT2D eigenvalue weighted by atomic mass is 10.0. The first-order valence-corrected chi connectivity index (χ1v) is 27.7. The molecule has 0 rings (SSSR count). The van der Waals surface area contributed by atoms with E-state index in [1.54, 1.807) is 0 Å². The van der Waals surface area contributed by atoms with Crippen LogP contribution in [0.3, 0.4) is 0 Å². The molecule has 6 heteroatoms. The number of carbonyl (C=O) groups is 2. The molecule has 0 aromatic heterocycles. The van der Waals surface area contributed by atoms with Crippen LogP contribution in [0, 0.1) is 0 Å². The van der Waals surface area contributed by atoms with Gasteiger partial charge in [-0.25, -0.2) is 0 Å². The Hall–Kier alpha value is -2.70. The van der Waals surface area contributed by atoms with Crippen LogP contribution in [0.2, 0.25) is 0 Å². The van der Waals surface area contributed by atoms with Crippen molar-refractivity contribution >= 4 is 11.9 Å². The molecule has 0 heterocycles. The van der Waals surface area contributed by atoms with E-state index in [1.807, 2.05) is 12.2 Å². The molecule has 0 spiro atoms. The normalized spacial score (nSPS) is 13.7. The molecule has 0 aromatic carbocycles. The van der Waals surface area contributed by atoms with Crippen molar-refractivity contribution in [1.29, 1.82) is 0 Å². The average Bonchev–Trinajstić information content (AvgIpc) is 3.30. The molecule has 6 nitrogen and oxygen atoms in total. The van der Waals surface area contributed by atoms with Crippen LogP contribution < -0.4 is 5.32 Å². The van der Waals surface area contributed by atoms with Crippen molar-refractivity contribution in [1.82, 2.24) is 5.32 Å². The average molecular weight is 908 g/mol. The number of hydrogen-bond donors (Lipinski definition) is 3. The van der Waals surface area contributed by atoms with Crippen molar-refractivity contribution in [2.75, 3.05) is 6.61 Å². The van der Waals surface area contributed by atoms with Crippen molar-refractivity contribution < 1.29 is 24.5 Å². The van der Waals surface area contributed by atoms with Crippen LogP contribution in [0.5, 0.6) is 0 Å². The second-order valence-electron chi connectivity index (χ2n) is 18.6. The van der Waals surface area contributed by atoms with Crippen molar-refractivity contribution in [3.63, 3.8) is 0 Å². The summed E-state index contributed by atoms with van der Waals surface area (Å²) in [5.41, 5.74) is 0. The Morgan fingerprint density at radius 2 is 0.862 bits per heavy atom. The fourth-order valence-corrected chi connectivity index (χ4v) is 8.10. The lowest BCUT2D eigenvalue weighted by molar-refractivity contribution is -0.150. The lowest BCUT2D eigenvalue weighted by Gasteiger charge is -2.24. The predicted octanol–water partition coefficient (Wildman–Crippen LogP) is 17.0. The second kappa shape index (κ2) is 52.3. The maximum atomic E-state index is 13.2. The van der Waals surface area contributed by atoms with Crippen LogP contribution in [0.4, 0.5) is 0 Å². The minimum Gasteiger partial charge on any atom is -0.461 e. The number of unbranched alkanes of at least 4 members (excludes halogenated alkanes) is 26. The number of hydrogen-bond acceptors (Lipinski definition) is 5. The van der Waals surface area contributed by atoms with E-state index >= 15 is 0 Å². The summed E-state index contributed by atoms with van der Waals surface area (Å²) in [7, 11) is 0. The highest BCUT2D eigenvalue weighted by molar-refractivity contribution is 5.77. The molecular weight excluding hydrogens is 803 g/mol. The number of aliphatic hydroxyl groups is 2. The fourth-order valence-electron chi connectivity index (χ4n) is 8.10. The van der Waals surface area contributed by atoms with Gasteiger partial charge in [0, 0.05) is 12.8 Å². The van der Waals surface area contributed by atoms with E-state index < -0.39 is 18.2 Å². The van der Waals surface area contributed by atoms with Crippen LogP contribution in [0.15, 0.2) is 72.9 Å². The number of nitrogens with one attached hydrogen (secondary N) is 1. The number of ether oxygens (including phenoxy) is 1. The molecule has 0 saturated carbocycles. The summed E-state index contributed by atoms with van der Waals surface area (Å²) in [6.07, 6.45) is 66.9. The molecule has 0 fully saturated rings. The van der Waals surface area contributed by atoms with Crippen LogP contribution in [0.25, 0.3) is 0 Å². The van der Waals surface area contributed by atoms with Crippen molar-refractivity contribution in [3.05, 3.63) is 72.9 Å². The molecule has 376 valence electrons. The third-order valence-corrected chi connectivity index (χ3v) is 12.3. The molecule has 65 heavy (non-hydrogen) atoms. The van der Waals surface area contributed by atoms with Gasteiger partial charge in [-0.3, -0.25) is 9.59 Å². The summed E-state index contributed by atoms with van der Waals surface area (Å²) >= 11 is 0. The molecule has 0 saturated heterocycles. The van der Waals surface area contributed by atoms with Crippen molar-refractivity contribution in [2.45, 2.75) is 283 Å². The SMILES string of the molecule is CC/C=C\C/C=C\C/C=C\C/C=C\C/C=C\CC(CC(=O)NC(CO)C(O)CCCCCCCCCCCCCCCCC)OC(=O)CCCCCCC/C=C/CCCCCCCCC. The number of carbonyl (C=O) groups excluding carboxylic acids is 2. The zero-order valence-electron chi connectivity index (χ0n) is 42.9. The van der Waals surface area contributed by atoms with E-state index in [-0.39, 0.29) is 24.9 Å². The lowest BCUT2D eigenvalue weighted by Crippen LogP contribution is -2.46. The molecule has 0 aromatic rings. The summed E-state index contributed by atoms with van der Waals surface area (Å²) in [6, 6.07) is -0.736.